The second kappa shape index (κ2) is 8.33. The fraction of sp³-hybridized carbons (Fsp3) is 0.385. The minimum atomic E-state index is -2.45. The summed E-state index contributed by atoms with van der Waals surface area (Å²) in [7, 11) is 1.51. The molecule has 5 rings (SSSR count). The Labute approximate surface area is 203 Å². The van der Waals surface area contributed by atoms with Gasteiger partial charge in [0.1, 0.15) is 5.52 Å². The van der Waals surface area contributed by atoms with Gasteiger partial charge in [0.15, 0.2) is 17.5 Å². The summed E-state index contributed by atoms with van der Waals surface area (Å²) in [6, 6.07) is 5.08. The number of methoxy groups -OCH3 is 1. The lowest BCUT2D eigenvalue weighted by Gasteiger charge is -2.29. The van der Waals surface area contributed by atoms with E-state index in [1.54, 1.807) is 10.6 Å². The van der Waals surface area contributed by atoms with Gasteiger partial charge < -0.3 is 14.4 Å². The van der Waals surface area contributed by atoms with E-state index in [1.165, 1.54) is 19.4 Å². The van der Waals surface area contributed by atoms with Crippen molar-refractivity contribution in [2.45, 2.75) is 50.1 Å². The van der Waals surface area contributed by atoms with E-state index in [0.717, 1.165) is 12.1 Å². The Hall–Kier alpha value is -3.40. The van der Waals surface area contributed by atoms with Gasteiger partial charge in [-0.3, -0.25) is 5.10 Å². The van der Waals surface area contributed by atoms with E-state index in [4.69, 9.17) is 4.74 Å². The lowest BCUT2D eigenvalue weighted by Crippen LogP contribution is -2.31. The first-order valence-electron chi connectivity index (χ1n) is 11.6. The molecule has 190 valence electrons. The summed E-state index contributed by atoms with van der Waals surface area (Å²) < 4.78 is 66.7. The third-order valence-electron chi connectivity index (χ3n) is 7.20. The van der Waals surface area contributed by atoms with Crippen molar-refractivity contribution < 1.29 is 32.2 Å². The minimum absolute atomic E-state index is 0.144. The highest BCUT2D eigenvalue weighted by Crippen LogP contribution is 2.51. The van der Waals surface area contributed by atoms with Crippen molar-refractivity contribution in [3.63, 3.8) is 0 Å². The summed E-state index contributed by atoms with van der Waals surface area (Å²) in [5.74, 6) is -4.93. The highest BCUT2D eigenvalue weighted by Gasteiger charge is 2.49. The van der Waals surface area contributed by atoms with Crippen molar-refractivity contribution in [1.29, 1.82) is 0 Å². The summed E-state index contributed by atoms with van der Waals surface area (Å²) >= 11 is 0. The van der Waals surface area contributed by atoms with Gasteiger partial charge in [-0.1, -0.05) is 13.8 Å². The summed E-state index contributed by atoms with van der Waals surface area (Å²) in [5, 5.41) is 16.7. The van der Waals surface area contributed by atoms with Crippen molar-refractivity contribution >= 4 is 27.8 Å². The minimum Gasteiger partial charge on any atom is -0.479 e. The highest BCUT2D eigenvalue weighted by atomic mass is 19.2. The number of H-pyrrole nitrogens is 1. The first-order valence-corrected chi connectivity index (χ1v) is 11.6. The predicted molar refractivity (Wildman–Crippen MR) is 126 cm³/mol. The molecule has 2 aromatic carbocycles. The lowest BCUT2D eigenvalue weighted by atomic mass is 9.81. The van der Waals surface area contributed by atoms with E-state index in [2.05, 4.69) is 10.2 Å². The Bertz CT molecular complexity index is 1510. The summed E-state index contributed by atoms with van der Waals surface area (Å²) in [5.41, 5.74) is -1.56. The number of benzene rings is 2. The predicted octanol–water partition coefficient (Wildman–Crippen LogP) is 5.91. The fourth-order valence-electron chi connectivity index (χ4n) is 5.65. The van der Waals surface area contributed by atoms with Gasteiger partial charge in [0, 0.05) is 40.7 Å². The number of carboxylic acid groups (broad SMARTS) is 1. The SMILES string of the molecule is COCC(C)(C)c1c(C2CC[C@@](F)(C(=O)O)C2)c2c(F)c3[nH]ncc3cc2n1-c1ccc(F)c(F)c1. The number of halogens is 4. The number of hydrogen-bond donors (Lipinski definition) is 2. The molecule has 36 heavy (non-hydrogen) atoms. The summed E-state index contributed by atoms with van der Waals surface area (Å²) in [4.78, 5) is 11.7. The number of hydrogen-bond acceptors (Lipinski definition) is 3. The second-order valence-electron chi connectivity index (χ2n) is 10.1. The van der Waals surface area contributed by atoms with Gasteiger partial charge in [-0.2, -0.15) is 5.10 Å². The quantitative estimate of drug-likeness (QED) is 0.321. The number of ether oxygens (including phenoxy) is 1. The van der Waals surface area contributed by atoms with Crippen LogP contribution in [0.2, 0.25) is 0 Å². The van der Waals surface area contributed by atoms with Crippen LogP contribution in [-0.2, 0) is 14.9 Å². The van der Waals surface area contributed by atoms with Crippen LogP contribution in [0, 0.1) is 17.5 Å². The van der Waals surface area contributed by atoms with E-state index >= 15 is 8.78 Å². The third kappa shape index (κ3) is 3.57. The van der Waals surface area contributed by atoms with Gasteiger partial charge in [0.05, 0.1) is 18.3 Å². The zero-order valence-corrected chi connectivity index (χ0v) is 20.0. The largest absolute Gasteiger partial charge is 0.479 e. The first-order chi connectivity index (χ1) is 17.0. The highest BCUT2D eigenvalue weighted by molar-refractivity contribution is 6.00. The Morgan fingerprint density at radius 3 is 2.67 bits per heavy atom. The molecule has 1 aliphatic carbocycles. The maximum absolute atomic E-state index is 16.1. The molecule has 0 aliphatic heterocycles. The Morgan fingerprint density at radius 2 is 2.03 bits per heavy atom. The molecule has 0 spiro atoms. The van der Waals surface area contributed by atoms with Gasteiger partial charge in [-0.05, 0) is 48.9 Å². The Morgan fingerprint density at radius 1 is 1.28 bits per heavy atom. The van der Waals surface area contributed by atoms with Crippen molar-refractivity contribution in [2.75, 3.05) is 13.7 Å². The molecule has 0 bridgehead atoms. The van der Waals surface area contributed by atoms with Gasteiger partial charge in [-0.15, -0.1) is 0 Å². The van der Waals surface area contributed by atoms with Crippen LogP contribution in [0.5, 0.6) is 0 Å². The molecule has 4 aromatic rings. The van der Waals surface area contributed by atoms with Crippen LogP contribution >= 0.6 is 0 Å². The van der Waals surface area contributed by atoms with Crippen molar-refractivity contribution in [3.8, 4) is 5.69 Å². The number of fused-ring (bicyclic) bond motifs is 2. The van der Waals surface area contributed by atoms with Gasteiger partial charge in [0.25, 0.3) is 0 Å². The van der Waals surface area contributed by atoms with Crippen LogP contribution in [0.1, 0.15) is 50.3 Å². The topological polar surface area (TPSA) is 80.1 Å². The van der Waals surface area contributed by atoms with Crippen LogP contribution in [0.3, 0.4) is 0 Å². The number of carbonyl (C=O) groups is 1. The molecule has 0 amide bonds. The molecular weight excluding hydrogens is 478 g/mol. The average molecular weight is 503 g/mol. The van der Waals surface area contributed by atoms with E-state index < -0.39 is 40.4 Å². The number of alkyl halides is 1. The maximum Gasteiger partial charge on any atom is 0.341 e. The normalized spacial score (nSPS) is 20.6. The van der Waals surface area contributed by atoms with Crippen molar-refractivity contribution in [2.24, 2.45) is 0 Å². The molecule has 2 N–H and O–H groups in total. The van der Waals surface area contributed by atoms with Gasteiger partial charge >= 0.3 is 5.97 Å². The van der Waals surface area contributed by atoms with Gasteiger partial charge in [-0.25, -0.2) is 22.4 Å². The molecular formula is C26H25F4N3O3. The standard InChI is InChI=1S/C26H25F4N3O3/c1-25(2,12-36-3)23-19(13-6-7-26(30,10-13)24(34)35)20-18(8-14-11-31-32-22(14)21(20)29)33(23)15-4-5-16(27)17(28)9-15/h4-5,8-9,11,13H,6-7,10,12H2,1-3H3,(H,31,32)(H,34,35)/t13?,26-/m0/s1. The molecule has 2 atom stereocenters. The maximum atomic E-state index is 16.1. The number of aromatic amines is 1. The number of aliphatic carboxylic acids is 1. The molecule has 1 fully saturated rings. The monoisotopic (exact) mass is 503 g/mol. The van der Waals surface area contributed by atoms with Crippen molar-refractivity contribution in [1.82, 2.24) is 14.8 Å². The van der Waals surface area contributed by atoms with E-state index in [-0.39, 0.29) is 42.5 Å². The van der Waals surface area contributed by atoms with E-state index in [1.807, 2.05) is 13.8 Å². The number of nitrogens with one attached hydrogen (secondary N) is 1. The number of nitrogens with zero attached hydrogens (tertiary/aromatic N) is 2. The smallest absolute Gasteiger partial charge is 0.341 e. The van der Waals surface area contributed by atoms with E-state index in [0.29, 0.717) is 22.2 Å². The third-order valence-corrected chi connectivity index (χ3v) is 7.20. The molecule has 2 aromatic heterocycles. The van der Waals surface area contributed by atoms with Crippen LogP contribution < -0.4 is 0 Å². The number of aromatic nitrogens is 3. The molecule has 0 radical (unpaired) electrons. The van der Waals surface area contributed by atoms with Crippen LogP contribution in [-0.4, -0.2) is 45.2 Å². The summed E-state index contributed by atoms with van der Waals surface area (Å²) in [6.07, 6.45) is 1.07. The number of carboxylic acids is 1. The molecule has 10 heteroatoms. The number of rotatable bonds is 6. The first kappa shape index (κ1) is 24.3. The fourth-order valence-corrected chi connectivity index (χ4v) is 5.65. The van der Waals surface area contributed by atoms with Gasteiger partial charge in [0.2, 0.25) is 5.67 Å². The Balaban J connectivity index is 1.93. The summed E-state index contributed by atoms with van der Waals surface area (Å²) in [6.45, 7) is 3.88. The molecule has 0 saturated heterocycles. The average Bonchev–Trinajstić information content (AvgIpc) is 3.52. The van der Waals surface area contributed by atoms with Crippen LogP contribution in [0.4, 0.5) is 17.6 Å². The van der Waals surface area contributed by atoms with Crippen LogP contribution in [0.15, 0.2) is 30.5 Å². The molecule has 1 aliphatic rings. The molecule has 1 saturated carbocycles. The molecule has 6 nitrogen and oxygen atoms in total. The van der Waals surface area contributed by atoms with Crippen molar-refractivity contribution in [3.05, 3.63) is 59.2 Å². The Kier molecular flexibility index (Phi) is 5.62. The van der Waals surface area contributed by atoms with Crippen LogP contribution in [0.25, 0.3) is 27.5 Å². The molecule has 1 unspecified atom stereocenters. The molecule has 2 heterocycles. The zero-order chi connectivity index (χ0) is 26.0. The zero-order valence-electron chi connectivity index (χ0n) is 20.0. The van der Waals surface area contributed by atoms with E-state index in [9.17, 15) is 18.7 Å². The lowest BCUT2D eigenvalue weighted by molar-refractivity contribution is -0.150. The second-order valence-corrected chi connectivity index (χ2v) is 10.1.